The molecule has 0 bridgehead atoms. The Balaban J connectivity index is 1.85. The zero-order chi connectivity index (χ0) is 11.9. The van der Waals surface area contributed by atoms with Crippen molar-refractivity contribution in [1.82, 2.24) is 10.3 Å². The fourth-order valence-electron chi connectivity index (χ4n) is 2.60. The Kier molecular flexibility index (Phi) is 2.44. The number of fused-ring (bicyclic) bond motifs is 1. The summed E-state index contributed by atoms with van der Waals surface area (Å²) in [7, 11) is 2.03. The van der Waals surface area contributed by atoms with Crippen LogP contribution in [0, 0.1) is 12.3 Å². The average Bonchev–Trinajstić information content (AvgIpc) is 2.91. The molecule has 1 aromatic carbocycles. The maximum absolute atomic E-state index is 5.58. The topological polar surface area (TPSA) is 38.1 Å². The second kappa shape index (κ2) is 3.84. The Bertz CT molecular complexity index is 540. The number of rotatable bonds is 4. The van der Waals surface area contributed by atoms with Gasteiger partial charge in [0.25, 0.3) is 0 Å². The van der Waals surface area contributed by atoms with Gasteiger partial charge in [-0.15, -0.1) is 0 Å². The largest absolute Gasteiger partial charge is 0.441 e. The number of aromatic nitrogens is 1. The molecule has 1 aliphatic rings. The first-order valence-electron chi connectivity index (χ1n) is 6.21. The van der Waals surface area contributed by atoms with Crippen molar-refractivity contribution < 1.29 is 4.42 Å². The smallest absolute Gasteiger partial charge is 0.192 e. The van der Waals surface area contributed by atoms with Gasteiger partial charge in [-0.3, -0.25) is 0 Å². The highest BCUT2D eigenvalue weighted by Gasteiger charge is 2.41. The maximum atomic E-state index is 5.58. The summed E-state index contributed by atoms with van der Waals surface area (Å²) in [5.74, 6) is 0.744. The third-order valence-corrected chi connectivity index (χ3v) is 3.65. The van der Waals surface area contributed by atoms with Gasteiger partial charge in [0, 0.05) is 13.5 Å². The molecular weight excluding hydrogens is 212 g/mol. The van der Waals surface area contributed by atoms with E-state index < -0.39 is 0 Å². The Morgan fingerprint density at radius 1 is 1.41 bits per heavy atom. The summed E-state index contributed by atoms with van der Waals surface area (Å²) in [6, 6.07) is 6.39. The van der Waals surface area contributed by atoms with Crippen LogP contribution in [0.5, 0.6) is 0 Å². The average molecular weight is 230 g/mol. The van der Waals surface area contributed by atoms with Crippen LogP contribution in [0.3, 0.4) is 0 Å². The van der Waals surface area contributed by atoms with Gasteiger partial charge in [0.2, 0.25) is 0 Å². The van der Waals surface area contributed by atoms with E-state index in [-0.39, 0.29) is 0 Å². The molecule has 0 saturated heterocycles. The molecule has 1 saturated carbocycles. The summed E-state index contributed by atoms with van der Waals surface area (Å²) < 4.78 is 5.58. The SMILES string of the molecule is CNCC1(Cc2ccc3nc(C)oc3c2)CC1. The van der Waals surface area contributed by atoms with E-state index in [1.165, 1.54) is 18.4 Å². The number of nitrogens with one attached hydrogen (secondary N) is 1. The molecule has 1 fully saturated rings. The van der Waals surface area contributed by atoms with Crippen LogP contribution in [0.2, 0.25) is 0 Å². The lowest BCUT2D eigenvalue weighted by Gasteiger charge is -2.14. The van der Waals surface area contributed by atoms with Crippen molar-refractivity contribution in [3.63, 3.8) is 0 Å². The van der Waals surface area contributed by atoms with Crippen LogP contribution < -0.4 is 5.32 Å². The molecular formula is C14H18N2O. The summed E-state index contributed by atoms with van der Waals surface area (Å²) in [5, 5.41) is 3.30. The van der Waals surface area contributed by atoms with Gasteiger partial charge in [0.1, 0.15) is 5.52 Å². The minimum Gasteiger partial charge on any atom is -0.441 e. The van der Waals surface area contributed by atoms with Crippen molar-refractivity contribution >= 4 is 11.1 Å². The lowest BCUT2D eigenvalue weighted by molar-refractivity contribution is 0.478. The minimum absolute atomic E-state index is 0.498. The first-order valence-corrected chi connectivity index (χ1v) is 6.21. The van der Waals surface area contributed by atoms with Gasteiger partial charge in [-0.2, -0.15) is 0 Å². The minimum atomic E-state index is 0.498. The van der Waals surface area contributed by atoms with E-state index in [9.17, 15) is 0 Å². The van der Waals surface area contributed by atoms with Crippen molar-refractivity contribution in [2.24, 2.45) is 5.41 Å². The summed E-state index contributed by atoms with van der Waals surface area (Å²) >= 11 is 0. The highest BCUT2D eigenvalue weighted by Crippen LogP contribution is 2.47. The molecule has 3 rings (SSSR count). The molecule has 90 valence electrons. The number of hydrogen-bond donors (Lipinski definition) is 1. The molecule has 0 radical (unpaired) electrons. The van der Waals surface area contributed by atoms with Gasteiger partial charge >= 0.3 is 0 Å². The zero-order valence-corrected chi connectivity index (χ0v) is 10.4. The maximum Gasteiger partial charge on any atom is 0.192 e. The molecule has 3 heteroatoms. The van der Waals surface area contributed by atoms with Crippen LogP contribution in [-0.4, -0.2) is 18.6 Å². The molecule has 0 unspecified atom stereocenters. The lowest BCUT2D eigenvalue weighted by atomic mass is 9.96. The number of oxazole rings is 1. The standard InChI is InChI=1S/C14H18N2O/c1-10-16-12-4-3-11(7-13(12)17-10)8-14(5-6-14)9-15-2/h3-4,7,15H,5-6,8-9H2,1-2H3. The molecule has 1 aromatic heterocycles. The number of hydrogen-bond acceptors (Lipinski definition) is 3. The Hall–Kier alpha value is -1.35. The molecule has 0 amide bonds. The normalized spacial score (nSPS) is 17.5. The van der Waals surface area contributed by atoms with Crippen molar-refractivity contribution in [3.8, 4) is 0 Å². The van der Waals surface area contributed by atoms with E-state index in [4.69, 9.17) is 4.42 Å². The van der Waals surface area contributed by atoms with Gasteiger partial charge in [-0.25, -0.2) is 4.98 Å². The highest BCUT2D eigenvalue weighted by atomic mass is 16.3. The number of benzene rings is 1. The third-order valence-electron chi connectivity index (χ3n) is 3.65. The van der Waals surface area contributed by atoms with E-state index in [1.54, 1.807) is 0 Å². The molecule has 1 heterocycles. The van der Waals surface area contributed by atoms with Gasteiger partial charge in [0.05, 0.1) is 0 Å². The van der Waals surface area contributed by atoms with Gasteiger partial charge in [-0.1, -0.05) is 6.07 Å². The fraction of sp³-hybridized carbons (Fsp3) is 0.500. The molecule has 1 aliphatic carbocycles. The van der Waals surface area contributed by atoms with Gasteiger partial charge in [0.15, 0.2) is 11.5 Å². The molecule has 0 atom stereocenters. The van der Waals surface area contributed by atoms with E-state index >= 15 is 0 Å². The van der Waals surface area contributed by atoms with E-state index in [1.807, 2.05) is 14.0 Å². The van der Waals surface area contributed by atoms with Crippen molar-refractivity contribution in [1.29, 1.82) is 0 Å². The Labute approximate surface area is 101 Å². The Morgan fingerprint density at radius 2 is 2.24 bits per heavy atom. The van der Waals surface area contributed by atoms with E-state index in [0.717, 1.165) is 30.0 Å². The molecule has 0 spiro atoms. The summed E-state index contributed by atoms with van der Waals surface area (Å²) in [6.07, 6.45) is 3.81. The molecule has 3 nitrogen and oxygen atoms in total. The number of aryl methyl sites for hydroxylation is 1. The van der Waals surface area contributed by atoms with Gasteiger partial charge in [-0.05, 0) is 49.4 Å². The first-order chi connectivity index (χ1) is 8.21. The predicted octanol–water partition coefficient (Wildman–Crippen LogP) is 2.68. The summed E-state index contributed by atoms with van der Waals surface area (Å²) in [5.41, 5.74) is 3.74. The van der Waals surface area contributed by atoms with E-state index in [2.05, 4.69) is 28.5 Å². The fourth-order valence-corrected chi connectivity index (χ4v) is 2.60. The predicted molar refractivity (Wildman–Crippen MR) is 68.0 cm³/mol. The van der Waals surface area contributed by atoms with E-state index in [0.29, 0.717) is 5.41 Å². The van der Waals surface area contributed by atoms with Crippen molar-refractivity contribution in [2.45, 2.75) is 26.2 Å². The van der Waals surface area contributed by atoms with Gasteiger partial charge < -0.3 is 9.73 Å². The molecule has 2 aromatic rings. The van der Waals surface area contributed by atoms with Crippen LogP contribution in [0.15, 0.2) is 22.6 Å². The second-order valence-corrected chi connectivity index (χ2v) is 5.24. The van der Waals surface area contributed by atoms with Crippen molar-refractivity contribution in [2.75, 3.05) is 13.6 Å². The Morgan fingerprint density at radius 3 is 2.94 bits per heavy atom. The first kappa shape index (κ1) is 10.8. The number of nitrogens with zero attached hydrogens (tertiary/aromatic N) is 1. The third kappa shape index (κ3) is 2.07. The van der Waals surface area contributed by atoms with Crippen LogP contribution in [0.1, 0.15) is 24.3 Å². The van der Waals surface area contributed by atoms with Crippen LogP contribution in [0.4, 0.5) is 0 Å². The summed E-state index contributed by atoms with van der Waals surface area (Å²) in [6.45, 7) is 3.00. The highest BCUT2D eigenvalue weighted by molar-refractivity contribution is 5.73. The molecule has 17 heavy (non-hydrogen) atoms. The zero-order valence-electron chi connectivity index (χ0n) is 10.4. The monoisotopic (exact) mass is 230 g/mol. The summed E-state index contributed by atoms with van der Waals surface area (Å²) in [4.78, 5) is 4.32. The molecule has 0 aliphatic heterocycles. The van der Waals surface area contributed by atoms with Crippen LogP contribution in [0.25, 0.3) is 11.1 Å². The molecule has 1 N–H and O–H groups in total. The van der Waals surface area contributed by atoms with Crippen LogP contribution in [-0.2, 0) is 6.42 Å². The quantitative estimate of drug-likeness (QED) is 0.877. The lowest BCUT2D eigenvalue weighted by Crippen LogP contribution is -2.21. The van der Waals surface area contributed by atoms with Crippen LogP contribution >= 0.6 is 0 Å². The van der Waals surface area contributed by atoms with Crippen molar-refractivity contribution in [3.05, 3.63) is 29.7 Å². The second-order valence-electron chi connectivity index (χ2n) is 5.24.